The Balaban J connectivity index is 1.81. The maximum Gasteiger partial charge on any atom is 0.306 e. The van der Waals surface area contributed by atoms with Crippen LogP contribution in [0.25, 0.3) is 0 Å². The first-order valence-corrected chi connectivity index (χ1v) is 8.45. The number of rotatable bonds is 4. The minimum atomic E-state index is -0.749. The molecule has 2 fully saturated rings. The molecule has 2 N–H and O–H groups in total. The molecule has 4 nitrogen and oxygen atoms in total. The van der Waals surface area contributed by atoms with Gasteiger partial charge in [0.15, 0.2) is 0 Å². The summed E-state index contributed by atoms with van der Waals surface area (Å²) in [5.74, 6) is -1.09. The van der Waals surface area contributed by atoms with E-state index in [1.807, 2.05) is 11.8 Å². The summed E-state index contributed by atoms with van der Waals surface area (Å²) in [6, 6.07) is 0.301. The maximum absolute atomic E-state index is 12.2. The second-order valence-electron chi connectivity index (χ2n) is 5.77. The largest absolute Gasteiger partial charge is 0.481 e. The van der Waals surface area contributed by atoms with Gasteiger partial charge in [-0.05, 0) is 44.8 Å². The van der Waals surface area contributed by atoms with Gasteiger partial charge < -0.3 is 10.4 Å². The van der Waals surface area contributed by atoms with E-state index < -0.39 is 5.97 Å². The summed E-state index contributed by atoms with van der Waals surface area (Å²) in [6.07, 6.45) is 8.34. The standard InChI is InChI=1S/C14H23NO3S/c1-19-12-6-5-11(8-12)15-13(16)9-3-2-4-10(7-9)14(17)18/h9-12H,2-8H2,1H3,(H,15,16)(H,17,18). The Hall–Kier alpha value is -0.710. The molecule has 0 aliphatic heterocycles. The van der Waals surface area contributed by atoms with Crippen molar-refractivity contribution in [3.63, 3.8) is 0 Å². The van der Waals surface area contributed by atoms with Crippen LogP contribution < -0.4 is 5.32 Å². The van der Waals surface area contributed by atoms with Gasteiger partial charge in [0.1, 0.15) is 0 Å². The normalized spacial score (nSPS) is 35.0. The number of thioether (sulfide) groups is 1. The van der Waals surface area contributed by atoms with Gasteiger partial charge in [0.2, 0.25) is 5.91 Å². The molecule has 108 valence electrons. The van der Waals surface area contributed by atoms with Gasteiger partial charge in [-0.25, -0.2) is 0 Å². The number of carboxylic acid groups (broad SMARTS) is 1. The molecule has 2 aliphatic rings. The van der Waals surface area contributed by atoms with Gasteiger partial charge >= 0.3 is 5.97 Å². The summed E-state index contributed by atoms with van der Waals surface area (Å²) in [5.41, 5.74) is 0. The fourth-order valence-electron chi connectivity index (χ4n) is 3.26. The van der Waals surface area contributed by atoms with Crippen molar-refractivity contribution in [1.82, 2.24) is 5.32 Å². The smallest absolute Gasteiger partial charge is 0.306 e. The lowest BCUT2D eigenvalue weighted by molar-refractivity contribution is -0.144. The van der Waals surface area contributed by atoms with E-state index in [-0.39, 0.29) is 17.7 Å². The summed E-state index contributed by atoms with van der Waals surface area (Å²) in [7, 11) is 0. The van der Waals surface area contributed by atoms with E-state index in [1.165, 1.54) is 6.42 Å². The molecule has 2 saturated carbocycles. The number of aliphatic carboxylic acids is 1. The van der Waals surface area contributed by atoms with Crippen molar-refractivity contribution in [3.05, 3.63) is 0 Å². The Morgan fingerprint density at radius 1 is 1.11 bits per heavy atom. The number of amides is 1. The fraction of sp³-hybridized carbons (Fsp3) is 0.857. The third-order valence-corrected chi connectivity index (χ3v) is 5.55. The molecule has 19 heavy (non-hydrogen) atoms. The van der Waals surface area contributed by atoms with Gasteiger partial charge in [-0.15, -0.1) is 0 Å². The third kappa shape index (κ3) is 3.88. The summed E-state index contributed by atoms with van der Waals surface area (Å²) in [5, 5.41) is 12.9. The van der Waals surface area contributed by atoms with Crippen molar-refractivity contribution in [2.24, 2.45) is 11.8 Å². The van der Waals surface area contributed by atoms with Crippen LogP contribution in [-0.2, 0) is 9.59 Å². The molecule has 0 aromatic heterocycles. The number of hydrogen-bond donors (Lipinski definition) is 2. The summed E-state index contributed by atoms with van der Waals surface area (Å²) >= 11 is 1.87. The minimum absolute atomic E-state index is 0.0812. The van der Waals surface area contributed by atoms with Crippen molar-refractivity contribution in [1.29, 1.82) is 0 Å². The van der Waals surface area contributed by atoms with Crippen LogP contribution in [0, 0.1) is 11.8 Å². The molecule has 4 unspecified atom stereocenters. The predicted molar refractivity (Wildman–Crippen MR) is 76.2 cm³/mol. The zero-order valence-electron chi connectivity index (χ0n) is 11.4. The van der Waals surface area contributed by atoms with E-state index in [2.05, 4.69) is 11.6 Å². The maximum atomic E-state index is 12.2. The quantitative estimate of drug-likeness (QED) is 0.831. The highest BCUT2D eigenvalue weighted by Crippen LogP contribution is 2.31. The number of hydrogen-bond acceptors (Lipinski definition) is 3. The predicted octanol–water partition coefficient (Wildman–Crippen LogP) is 2.28. The van der Waals surface area contributed by atoms with Gasteiger partial charge in [-0.2, -0.15) is 11.8 Å². The highest BCUT2D eigenvalue weighted by Gasteiger charge is 2.33. The molecule has 0 aromatic rings. The minimum Gasteiger partial charge on any atom is -0.481 e. The summed E-state index contributed by atoms with van der Waals surface area (Å²) < 4.78 is 0. The Labute approximate surface area is 118 Å². The van der Waals surface area contributed by atoms with E-state index in [4.69, 9.17) is 5.11 Å². The van der Waals surface area contributed by atoms with Crippen molar-refractivity contribution in [2.45, 2.75) is 56.2 Å². The third-order valence-electron chi connectivity index (χ3n) is 4.46. The van der Waals surface area contributed by atoms with Gasteiger partial charge in [-0.1, -0.05) is 6.42 Å². The molecule has 0 aromatic carbocycles. The average molecular weight is 285 g/mol. The average Bonchev–Trinajstić information content (AvgIpc) is 2.86. The lowest BCUT2D eigenvalue weighted by Gasteiger charge is -2.27. The molecule has 1 amide bonds. The molecule has 2 aliphatic carbocycles. The lowest BCUT2D eigenvalue weighted by atomic mass is 9.81. The topological polar surface area (TPSA) is 66.4 Å². The zero-order chi connectivity index (χ0) is 13.8. The molecule has 0 radical (unpaired) electrons. The van der Waals surface area contributed by atoms with E-state index in [9.17, 15) is 9.59 Å². The molecule has 2 rings (SSSR count). The van der Waals surface area contributed by atoms with E-state index in [1.54, 1.807) is 0 Å². The van der Waals surface area contributed by atoms with Crippen LogP contribution in [0.15, 0.2) is 0 Å². The number of carbonyl (C=O) groups excluding carboxylic acids is 1. The highest BCUT2D eigenvalue weighted by molar-refractivity contribution is 7.99. The fourth-order valence-corrected chi connectivity index (χ4v) is 4.05. The number of carbonyl (C=O) groups is 2. The van der Waals surface area contributed by atoms with E-state index >= 15 is 0 Å². The molecule has 0 heterocycles. The highest BCUT2D eigenvalue weighted by atomic mass is 32.2. The van der Waals surface area contributed by atoms with Crippen molar-refractivity contribution in [2.75, 3.05) is 6.26 Å². The lowest BCUT2D eigenvalue weighted by Crippen LogP contribution is -2.40. The van der Waals surface area contributed by atoms with Gasteiger partial charge in [0.25, 0.3) is 0 Å². The summed E-state index contributed by atoms with van der Waals surface area (Å²) in [4.78, 5) is 23.2. The van der Waals surface area contributed by atoms with Gasteiger partial charge in [0.05, 0.1) is 5.92 Å². The number of carboxylic acids is 1. The zero-order valence-corrected chi connectivity index (χ0v) is 12.2. The monoisotopic (exact) mass is 285 g/mol. The molecule has 4 atom stereocenters. The first-order valence-electron chi connectivity index (χ1n) is 7.16. The molecular weight excluding hydrogens is 262 g/mol. The van der Waals surface area contributed by atoms with E-state index in [0.29, 0.717) is 17.7 Å². The van der Waals surface area contributed by atoms with Crippen LogP contribution in [0.4, 0.5) is 0 Å². The van der Waals surface area contributed by atoms with Crippen LogP contribution in [0.1, 0.15) is 44.9 Å². The summed E-state index contributed by atoms with van der Waals surface area (Å²) in [6.45, 7) is 0. The molecule has 0 bridgehead atoms. The van der Waals surface area contributed by atoms with Gasteiger partial charge in [0, 0.05) is 17.2 Å². The van der Waals surface area contributed by atoms with Gasteiger partial charge in [-0.3, -0.25) is 9.59 Å². The second kappa shape index (κ2) is 6.64. The van der Waals surface area contributed by atoms with Crippen molar-refractivity contribution in [3.8, 4) is 0 Å². The molecule has 0 spiro atoms. The first-order chi connectivity index (χ1) is 9.10. The van der Waals surface area contributed by atoms with E-state index in [0.717, 1.165) is 32.1 Å². The van der Waals surface area contributed by atoms with Crippen LogP contribution in [-0.4, -0.2) is 34.5 Å². The molecule has 0 saturated heterocycles. The Kier molecular flexibility index (Phi) is 5.13. The van der Waals surface area contributed by atoms with Crippen LogP contribution in [0.3, 0.4) is 0 Å². The number of nitrogens with one attached hydrogen (secondary N) is 1. The van der Waals surface area contributed by atoms with Crippen LogP contribution in [0.5, 0.6) is 0 Å². The molecule has 5 heteroatoms. The second-order valence-corrected chi connectivity index (χ2v) is 6.91. The SMILES string of the molecule is CSC1CCC(NC(=O)C2CCCC(C(=O)O)C2)C1. The Bertz CT molecular complexity index is 348. The molecular formula is C14H23NO3S. The van der Waals surface area contributed by atoms with Crippen molar-refractivity contribution < 1.29 is 14.7 Å². The van der Waals surface area contributed by atoms with Crippen molar-refractivity contribution >= 4 is 23.6 Å². The van der Waals surface area contributed by atoms with Crippen LogP contribution in [0.2, 0.25) is 0 Å². The Morgan fingerprint density at radius 3 is 2.47 bits per heavy atom. The first kappa shape index (κ1) is 14.7. The Morgan fingerprint density at radius 2 is 1.84 bits per heavy atom. The van der Waals surface area contributed by atoms with Crippen LogP contribution >= 0.6 is 11.8 Å².